The van der Waals surface area contributed by atoms with Crippen LogP contribution in [0.15, 0.2) is 42.5 Å². The molecule has 2 aromatic carbocycles. The zero-order valence-electron chi connectivity index (χ0n) is 15.7. The van der Waals surface area contributed by atoms with E-state index in [9.17, 15) is 14.0 Å². The summed E-state index contributed by atoms with van der Waals surface area (Å²) in [6.07, 6.45) is 2.09. The molecule has 1 aliphatic rings. The molecule has 7 heteroatoms. The summed E-state index contributed by atoms with van der Waals surface area (Å²) in [5.41, 5.74) is 2.36. The highest BCUT2D eigenvalue weighted by Crippen LogP contribution is 2.28. The summed E-state index contributed by atoms with van der Waals surface area (Å²) in [6, 6.07) is 11.9. The smallest absolute Gasteiger partial charge is 0.243 e. The van der Waals surface area contributed by atoms with Crippen molar-refractivity contribution in [3.63, 3.8) is 0 Å². The van der Waals surface area contributed by atoms with Gasteiger partial charge in [0.2, 0.25) is 11.8 Å². The Bertz CT molecular complexity index is 853. The molecular weight excluding hydrogens is 381 g/mol. The topological polar surface area (TPSA) is 61.4 Å². The number of benzene rings is 2. The van der Waals surface area contributed by atoms with Gasteiger partial charge in [0.1, 0.15) is 5.82 Å². The van der Waals surface area contributed by atoms with Crippen LogP contribution in [0.3, 0.4) is 0 Å². The Morgan fingerprint density at radius 3 is 2.54 bits per heavy atom. The number of nitrogens with zero attached hydrogens (tertiary/aromatic N) is 1. The minimum Gasteiger partial charge on any atom is -0.346 e. The average molecular weight is 404 g/mol. The van der Waals surface area contributed by atoms with Gasteiger partial charge in [-0.05, 0) is 55.2 Å². The maximum atomic E-state index is 13.1. The van der Waals surface area contributed by atoms with Crippen molar-refractivity contribution >= 4 is 29.1 Å². The molecule has 0 bridgehead atoms. The van der Waals surface area contributed by atoms with Gasteiger partial charge in [-0.3, -0.25) is 14.5 Å². The van der Waals surface area contributed by atoms with Crippen LogP contribution in [-0.2, 0) is 16.1 Å². The van der Waals surface area contributed by atoms with Gasteiger partial charge in [-0.2, -0.15) is 0 Å². The quantitative estimate of drug-likeness (QED) is 0.709. The normalized spacial score (nSPS) is 13.4. The average Bonchev–Trinajstić information content (AvgIpc) is 3.50. The maximum Gasteiger partial charge on any atom is 0.243 e. The van der Waals surface area contributed by atoms with Gasteiger partial charge in [0, 0.05) is 23.3 Å². The van der Waals surface area contributed by atoms with Crippen LogP contribution in [0.25, 0.3) is 0 Å². The Morgan fingerprint density at radius 2 is 1.86 bits per heavy atom. The third kappa shape index (κ3) is 5.78. The molecule has 0 atom stereocenters. The molecule has 0 aliphatic heterocycles. The second-order valence-corrected chi connectivity index (χ2v) is 7.41. The summed E-state index contributed by atoms with van der Waals surface area (Å²) in [7, 11) is 0. The molecule has 2 aromatic rings. The number of hydrogen-bond donors (Lipinski definition) is 2. The fourth-order valence-electron chi connectivity index (χ4n) is 2.93. The molecule has 148 valence electrons. The van der Waals surface area contributed by atoms with Crippen molar-refractivity contribution in [2.75, 3.05) is 18.4 Å². The zero-order chi connectivity index (χ0) is 20.1. The summed E-state index contributed by atoms with van der Waals surface area (Å²) in [6.45, 7) is 2.48. The summed E-state index contributed by atoms with van der Waals surface area (Å²) in [5, 5.41) is 5.98. The SMILES string of the molecule is Cc1c(Cl)cccc1NC(=O)CNC(=O)CN(Cc1ccc(F)cc1)C1CC1. The lowest BCUT2D eigenvalue weighted by Crippen LogP contribution is -2.41. The molecule has 1 saturated carbocycles. The van der Waals surface area contributed by atoms with E-state index in [2.05, 4.69) is 15.5 Å². The lowest BCUT2D eigenvalue weighted by molar-refractivity contribution is -0.125. The highest BCUT2D eigenvalue weighted by atomic mass is 35.5. The molecule has 28 heavy (non-hydrogen) atoms. The van der Waals surface area contributed by atoms with Crippen molar-refractivity contribution < 1.29 is 14.0 Å². The van der Waals surface area contributed by atoms with Gasteiger partial charge in [-0.1, -0.05) is 29.8 Å². The molecule has 5 nitrogen and oxygen atoms in total. The highest BCUT2D eigenvalue weighted by molar-refractivity contribution is 6.31. The number of nitrogens with one attached hydrogen (secondary N) is 2. The van der Waals surface area contributed by atoms with E-state index in [0.717, 1.165) is 24.0 Å². The largest absolute Gasteiger partial charge is 0.346 e. The second kappa shape index (κ2) is 9.17. The first-order valence-electron chi connectivity index (χ1n) is 9.22. The van der Waals surface area contributed by atoms with Gasteiger partial charge >= 0.3 is 0 Å². The van der Waals surface area contributed by atoms with Crippen molar-refractivity contribution in [1.82, 2.24) is 10.2 Å². The number of halogens is 2. The number of hydrogen-bond acceptors (Lipinski definition) is 3. The lowest BCUT2D eigenvalue weighted by Gasteiger charge is -2.21. The minimum atomic E-state index is -0.310. The standard InChI is InChI=1S/C21H23ClFN3O2/c1-14-18(22)3-2-4-19(14)25-20(27)11-24-21(28)13-26(17-9-10-17)12-15-5-7-16(23)8-6-15/h2-8,17H,9-13H2,1H3,(H,24,28)(H,25,27). The second-order valence-electron chi connectivity index (χ2n) is 7.00. The molecule has 2 N–H and O–H groups in total. The molecule has 0 radical (unpaired) electrons. The van der Waals surface area contributed by atoms with Crippen molar-refractivity contribution in [1.29, 1.82) is 0 Å². The van der Waals surface area contributed by atoms with Gasteiger partial charge in [-0.15, -0.1) is 0 Å². The molecular formula is C21H23ClFN3O2. The van der Waals surface area contributed by atoms with Gasteiger partial charge in [-0.25, -0.2) is 4.39 Å². The summed E-state index contributed by atoms with van der Waals surface area (Å²) in [4.78, 5) is 26.5. The predicted octanol–water partition coefficient (Wildman–Crippen LogP) is 3.51. The van der Waals surface area contributed by atoms with Crippen LogP contribution in [0.4, 0.5) is 10.1 Å². The van der Waals surface area contributed by atoms with Crippen LogP contribution in [0.2, 0.25) is 5.02 Å². The van der Waals surface area contributed by atoms with E-state index in [-0.39, 0.29) is 30.7 Å². The fraction of sp³-hybridized carbons (Fsp3) is 0.333. The van der Waals surface area contributed by atoms with Gasteiger partial charge in [0.05, 0.1) is 13.1 Å². The van der Waals surface area contributed by atoms with Crippen molar-refractivity contribution in [3.05, 3.63) is 64.4 Å². The Morgan fingerprint density at radius 1 is 1.14 bits per heavy atom. The first-order valence-corrected chi connectivity index (χ1v) is 9.60. The Kier molecular flexibility index (Phi) is 6.65. The molecule has 2 amide bonds. The van der Waals surface area contributed by atoms with Crippen LogP contribution in [0.5, 0.6) is 0 Å². The summed E-state index contributed by atoms with van der Waals surface area (Å²) >= 11 is 6.05. The van der Waals surface area contributed by atoms with Gasteiger partial charge < -0.3 is 10.6 Å². The number of rotatable bonds is 8. The van der Waals surface area contributed by atoms with E-state index in [4.69, 9.17) is 11.6 Å². The van der Waals surface area contributed by atoms with Crippen LogP contribution >= 0.6 is 11.6 Å². The highest BCUT2D eigenvalue weighted by Gasteiger charge is 2.30. The molecule has 0 unspecified atom stereocenters. The van der Waals surface area contributed by atoms with E-state index < -0.39 is 0 Å². The van der Waals surface area contributed by atoms with E-state index in [1.807, 2.05) is 6.92 Å². The molecule has 1 fully saturated rings. The van der Waals surface area contributed by atoms with Crippen molar-refractivity contribution in [3.8, 4) is 0 Å². The Labute approximate surface area is 168 Å². The number of carbonyl (C=O) groups excluding carboxylic acids is 2. The molecule has 0 spiro atoms. The molecule has 1 aliphatic carbocycles. The van der Waals surface area contributed by atoms with Crippen LogP contribution in [0, 0.1) is 12.7 Å². The van der Waals surface area contributed by atoms with Crippen LogP contribution in [0.1, 0.15) is 24.0 Å². The minimum absolute atomic E-state index is 0.111. The molecule has 3 rings (SSSR count). The Balaban J connectivity index is 1.48. The van der Waals surface area contributed by atoms with E-state index >= 15 is 0 Å². The first-order chi connectivity index (χ1) is 13.4. The van der Waals surface area contributed by atoms with Gasteiger partial charge in [0.15, 0.2) is 0 Å². The van der Waals surface area contributed by atoms with Crippen molar-refractivity contribution in [2.24, 2.45) is 0 Å². The Hall–Kier alpha value is -2.44. The molecule has 0 saturated heterocycles. The molecule has 0 heterocycles. The maximum absolute atomic E-state index is 13.1. The van der Waals surface area contributed by atoms with Crippen molar-refractivity contribution in [2.45, 2.75) is 32.4 Å². The predicted molar refractivity (Wildman–Crippen MR) is 108 cm³/mol. The van der Waals surface area contributed by atoms with Crippen LogP contribution in [-0.4, -0.2) is 35.8 Å². The lowest BCUT2D eigenvalue weighted by atomic mass is 10.2. The van der Waals surface area contributed by atoms with E-state index in [1.54, 1.807) is 30.3 Å². The number of carbonyl (C=O) groups is 2. The van der Waals surface area contributed by atoms with Gasteiger partial charge in [0.25, 0.3) is 0 Å². The third-order valence-electron chi connectivity index (χ3n) is 4.70. The number of anilines is 1. The number of amides is 2. The van der Waals surface area contributed by atoms with E-state index in [1.165, 1.54) is 12.1 Å². The fourth-order valence-corrected chi connectivity index (χ4v) is 3.11. The van der Waals surface area contributed by atoms with E-state index in [0.29, 0.717) is 23.3 Å². The zero-order valence-corrected chi connectivity index (χ0v) is 16.4. The summed E-state index contributed by atoms with van der Waals surface area (Å²) in [5.74, 6) is -0.803. The summed E-state index contributed by atoms with van der Waals surface area (Å²) < 4.78 is 13.1. The van der Waals surface area contributed by atoms with Crippen LogP contribution < -0.4 is 10.6 Å². The molecule has 0 aromatic heterocycles. The first kappa shape index (κ1) is 20.3. The monoisotopic (exact) mass is 403 g/mol. The third-order valence-corrected chi connectivity index (χ3v) is 5.11.